The highest BCUT2D eigenvalue weighted by atomic mass is 32.2. The van der Waals surface area contributed by atoms with Crippen LogP contribution in [-0.4, -0.2) is 22.1 Å². The molecule has 0 bridgehead atoms. The van der Waals surface area contributed by atoms with E-state index in [4.69, 9.17) is 10.5 Å². The normalized spacial score (nSPS) is 11.6. The van der Waals surface area contributed by atoms with Gasteiger partial charge in [0.15, 0.2) is 0 Å². The molecule has 1 heterocycles. The van der Waals surface area contributed by atoms with Gasteiger partial charge in [-0.15, -0.1) is 0 Å². The average molecular weight is 254 g/mol. The predicted molar refractivity (Wildman–Crippen MR) is 74.6 cm³/mol. The maximum absolute atomic E-state index is 5.72. The number of hydrogen-bond donors (Lipinski definition) is 1. The molecule has 0 atom stereocenters. The molecule has 0 saturated carbocycles. The lowest BCUT2D eigenvalue weighted by atomic mass is 10.3. The van der Waals surface area contributed by atoms with E-state index in [0.29, 0.717) is 13.2 Å². The standard InChI is InChI=1S/C13H22N2OS/c1-10-5-6-12(11(9-14)15-10)16-7-8-17-13(2,3)4/h5-6H,7-9,14H2,1-4H3. The maximum Gasteiger partial charge on any atom is 0.142 e. The molecule has 1 aromatic heterocycles. The first-order chi connectivity index (χ1) is 7.92. The van der Waals surface area contributed by atoms with Gasteiger partial charge in [0.25, 0.3) is 0 Å². The molecule has 0 aliphatic carbocycles. The Morgan fingerprint density at radius 2 is 2.06 bits per heavy atom. The van der Waals surface area contributed by atoms with Gasteiger partial charge in [-0.2, -0.15) is 11.8 Å². The highest BCUT2D eigenvalue weighted by molar-refractivity contribution is 8.00. The van der Waals surface area contributed by atoms with Crippen LogP contribution in [0, 0.1) is 6.92 Å². The van der Waals surface area contributed by atoms with Crippen molar-refractivity contribution in [2.75, 3.05) is 12.4 Å². The monoisotopic (exact) mass is 254 g/mol. The van der Waals surface area contributed by atoms with Crippen LogP contribution in [0.1, 0.15) is 32.2 Å². The molecule has 0 aromatic carbocycles. The molecular weight excluding hydrogens is 232 g/mol. The topological polar surface area (TPSA) is 48.1 Å². The van der Waals surface area contributed by atoms with Crippen molar-refractivity contribution in [3.05, 3.63) is 23.5 Å². The number of thioether (sulfide) groups is 1. The summed E-state index contributed by atoms with van der Waals surface area (Å²) < 4.78 is 6.00. The summed E-state index contributed by atoms with van der Waals surface area (Å²) in [6.45, 7) is 9.69. The second-order valence-electron chi connectivity index (χ2n) is 4.91. The number of rotatable bonds is 5. The molecule has 3 nitrogen and oxygen atoms in total. The molecule has 2 N–H and O–H groups in total. The van der Waals surface area contributed by atoms with Crippen LogP contribution < -0.4 is 10.5 Å². The average Bonchev–Trinajstić information content (AvgIpc) is 2.24. The highest BCUT2D eigenvalue weighted by Gasteiger charge is 2.10. The van der Waals surface area contributed by atoms with Gasteiger partial charge in [-0.25, -0.2) is 0 Å². The van der Waals surface area contributed by atoms with Gasteiger partial charge >= 0.3 is 0 Å². The summed E-state index contributed by atoms with van der Waals surface area (Å²) in [7, 11) is 0. The molecule has 0 saturated heterocycles. The van der Waals surface area contributed by atoms with E-state index in [1.165, 1.54) is 0 Å². The van der Waals surface area contributed by atoms with Crippen molar-refractivity contribution in [1.29, 1.82) is 0 Å². The highest BCUT2D eigenvalue weighted by Crippen LogP contribution is 2.23. The first-order valence-corrected chi connectivity index (χ1v) is 6.84. The van der Waals surface area contributed by atoms with Crippen LogP contribution in [0.3, 0.4) is 0 Å². The minimum Gasteiger partial charge on any atom is -0.491 e. The molecule has 1 aromatic rings. The number of pyridine rings is 1. The number of hydrogen-bond acceptors (Lipinski definition) is 4. The smallest absolute Gasteiger partial charge is 0.142 e. The van der Waals surface area contributed by atoms with Gasteiger partial charge in [-0.1, -0.05) is 20.8 Å². The van der Waals surface area contributed by atoms with Crippen LogP contribution in [0.2, 0.25) is 0 Å². The first-order valence-electron chi connectivity index (χ1n) is 5.86. The summed E-state index contributed by atoms with van der Waals surface area (Å²) in [6.07, 6.45) is 0. The van der Waals surface area contributed by atoms with Gasteiger partial charge in [0.1, 0.15) is 5.75 Å². The van der Waals surface area contributed by atoms with E-state index in [1.807, 2.05) is 30.8 Å². The number of aryl methyl sites for hydroxylation is 1. The minimum atomic E-state index is 0.283. The van der Waals surface area contributed by atoms with E-state index >= 15 is 0 Å². The Kier molecular flexibility index (Phi) is 5.28. The number of aromatic nitrogens is 1. The van der Waals surface area contributed by atoms with Gasteiger partial charge in [0.05, 0.1) is 12.3 Å². The third kappa shape index (κ3) is 5.41. The van der Waals surface area contributed by atoms with Crippen LogP contribution in [-0.2, 0) is 6.54 Å². The predicted octanol–water partition coefficient (Wildman–Crippen LogP) is 2.76. The zero-order valence-electron chi connectivity index (χ0n) is 11.1. The van der Waals surface area contributed by atoms with Crippen molar-refractivity contribution in [3.63, 3.8) is 0 Å². The lowest BCUT2D eigenvalue weighted by Gasteiger charge is -2.17. The molecule has 1 rings (SSSR count). The molecule has 96 valence electrons. The lowest BCUT2D eigenvalue weighted by molar-refractivity contribution is 0.337. The second-order valence-corrected chi connectivity index (χ2v) is 6.83. The first kappa shape index (κ1) is 14.3. The summed E-state index contributed by atoms with van der Waals surface area (Å²) >= 11 is 1.89. The number of nitrogens with two attached hydrogens (primary N) is 1. The van der Waals surface area contributed by atoms with Gasteiger partial charge in [0, 0.05) is 22.7 Å². The van der Waals surface area contributed by atoms with Crippen LogP contribution >= 0.6 is 11.8 Å². The Bertz CT molecular complexity index is 361. The van der Waals surface area contributed by atoms with Crippen molar-refractivity contribution in [1.82, 2.24) is 4.98 Å². The molecule has 0 unspecified atom stereocenters. The Hall–Kier alpha value is -0.740. The summed E-state index contributed by atoms with van der Waals surface area (Å²) in [6, 6.07) is 3.90. The van der Waals surface area contributed by atoms with Gasteiger partial charge in [-0.3, -0.25) is 4.98 Å². The molecule has 0 fully saturated rings. The van der Waals surface area contributed by atoms with Crippen molar-refractivity contribution in [2.45, 2.75) is 39.0 Å². The maximum atomic E-state index is 5.72. The Morgan fingerprint density at radius 1 is 1.35 bits per heavy atom. The molecule has 17 heavy (non-hydrogen) atoms. The second kappa shape index (κ2) is 6.26. The molecule has 4 heteroatoms. The van der Waals surface area contributed by atoms with Gasteiger partial charge in [-0.05, 0) is 19.1 Å². The fourth-order valence-corrected chi connectivity index (χ4v) is 2.15. The number of nitrogens with zero attached hydrogens (tertiary/aromatic N) is 1. The zero-order chi connectivity index (χ0) is 12.9. The SMILES string of the molecule is Cc1ccc(OCCSC(C)(C)C)c(CN)n1. The Morgan fingerprint density at radius 3 is 2.65 bits per heavy atom. The van der Waals surface area contributed by atoms with Crippen molar-refractivity contribution < 1.29 is 4.74 Å². The largest absolute Gasteiger partial charge is 0.491 e. The van der Waals surface area contributed by atoms with E-state index in [0.717, 1.165) is 22.9 Å². The summed E-state index contributed by atoms with van der Waals surface area (Å²) in [5, 5.41) is 0. The van der Waals surface area contributed by atoms with E-state index < -0.39 is 0 Å². The van der Waals surface area contributed by atoms with Crippen LogP contribution in [0.15, 0.2) is 12.1 Å². The van der Waals surface area contributed by atoms with E-state index in [2.05, 4.69) is 25.8 Å². The fourth-order valence-electron chi connectivity index (χ4n) is 1.37. The summed E-state index contributed by atoms with van der Waals surface area (Å²) in [5.74, 6) is 1.79. The van der Waals surface area contributed by atoms with Crippen LogP contribution in [0.4, 0.5) is 0 Å². The van der Waals surface area contributed by atoms with Gasteiger partial charge < -0.3 is 10.5 Å². The third-order valence-corrected chi connectivity index (χ3v) is 3.38. The molecule has 0 aliphatic rings. The minimum absolute atomic E-state index is 0.283. The third-order valence-electron chi connectivity index (χ3n) is 2.14. The van der Waals surface area contributed by atoms with Crippen LogP contribution in [0.5, 0.6) is 5.75 Å². The fraction of sp³-hybridized carbons (Fsp3) is 0.615. The summed E-state index contributed by atoms with van der Waals surface area (Å²) in [5.41, 5.74) is 7.46. The molecule has 0 amide bonds. The number of ether oxygens (including phenoxy) is 1. The van der Waals surface area contributed by atoms with Gasteiger partial charge in [0.2, 0.25) is 0 Å². The van der Waals surface area contributed by atoms with Crippen molar-refractivity contribution in [3.8, 4) is 5.75 Å². The Balaban J connectivity index is 2.46. The Labute approximate surface area is 108 Å². The van der Waals surface area contributed by atoms with E-state index in [9.17, 15) is 0 Å². The quantitative estimate of drug-likeness (QED) is 0.821. The van der Waals surface area contributed by atoms with Crippen molar-refractivity contribution in [2.24, 2.45) is 5.73 Å². The van der Waals surface area contributed by atoms with E-state index in [-0.39, 0.29) is 4.75 Å². The molecule has 0 aliphatic heterocycles. The summed E-state index contributed by atoms with van der Waals surface area (Å²) in [4.78, 5) is 4.36. The molecular formula is C13H22N2OS. The molecule has 0 spiro atoms. The van der Waals surface area contributed by atoms with Crippen LogP contribution in [0.25, 0.3) is 0 Å². The zero-order valence-corrected chi connectivity index (χ0v) is 11.9. The van der Waals surface area contributed by atoms with Crippen molar-refractivity contribution >= 4 is 11.8 Å². The van der Waals surface area contributed by atoms with E-state index in [1.54, 1.807) is 0 Å². The molecule has 0 radical (unpaired) electrons. The lowest BCUT2D eigenvalue weighted by Crippen LogP contribution is -2.13.